The van der Waals surface area contributed by atoms with E-state index in [1.807, 2.05) is 0 Å². The number of ether oxygens (including phenoxy) is 2. The maximum atomic E-state index is 12.4. The van der Waals surface area contributed by atoms with Gasteiger partial charge in [-0.2, -0.15) is 4.31 Å². The second-order valence-electron chi connectivity index (χ2n) is 8.98. The van der Waals surface area contributed by atoms with Crippen molar-refractivity contribution >= 4 is 15.6 Å². The van der Waals surface area contributed by atoms with Crippen LogP contribution in [0.15, 0.2) is 15.8 Å². The van der Waals surface area contributed by atoms with E-state index in [0.29, 0.717) is 0 Å². The molecule has 4 unspecified atom stereocenters. The highest BCUT2D eigenvalue weighted by atomic mass is 31.3. The van der Waals surface area contributed by atoms with Crippen LogP contribution in [-0.4, -0.2) is 103 Å². The predicted octanol–water partition coefficient (Wildman–Crippen LogP) is -1.86. The van der Waals surface area contributed by atoms with Crippen molar-refractivity contribution in [1.82, 2.24) is 14.5 Å². The first kappa shape index (κ1) is 30.2. The standard InChI is InChI=1S/C18H31N3O14P2/c1-8-6-21(18(26)19-16(8)25)12-5-10(22)11(33-12)7-31-36(27,28)35-37(29,30)34-17-15(24)13(20(3)4)14(23)9(2)32-17/h6,9-15,17,22-24H,5,7H2,1-4H3,(H,27,28)(H,29,30)(H,19,25,26)/t9?,10-,11-,12-,13+,14+,15?,17+/m1/s1. The summed E-state index contributed by atoms with van der Waals surface area (Å²) in [6.07, 6.45) is -8.02. The van der Waals surface area contributed by atoms with Crippen LogP contribution < -0.4 is 11.2 Å². The van der Waals surface area contributed by atoms with Gasteiger partial charge < -0.3 is 39.5 Å². The number of rotatable bonds is 9. The summed E-state index contributed by atoms with van der Waals surface area (Å²) in [6, 6.07) is -0.960. The molecule has 19 heteroatoms. The lowest BCUT2D eigenvalue weighted by Crippen LogP contribution is -2.62. The first-order chi connectivity index (χ1) is 17.0. The number of aromatic nitrogens is 2. The number of phosphoric ester groups is 2. The number of nitrogens with zero attached hydrogens (tertiary/aromatic N) is 2. The minimum absolute atomic E-state index is 0.133. The molecule has 0 saturated carbocycles. The molecular weight excluding hydrogens is 544 g/mol. The third-order valence-corrected chi connectivity index (χ3v) is 8.51. The minimum atomic E-state index is -5.38. The molecule has 0 amide bonds. The van der Waals surface area contributed by atoms with Gasteiger partial charge in [0.25, 0.3) is 5.56 Å². The molecule has 0 aliphatic carbocycles. The van der Waals surface area contributed by atoms with Crippen molar-refractivity contribution in [3.8, 4) is 0 Å². The maximum Gasteiger partial charge on any atom is 0.483 e. The second kappa shape index (κ2) is 11.4. The van der Waals surface area contributed by atoms with Gasteiger partial charge in [-0.25, -0.2) is 13.9 Å². The van der Waals surface area contributed by atoms with E-state index in [9.17, 15) is 43.8 Å². The maximum absolute atomic E-state index is 12.4. The third-order valence-electron chi connectivity index (χ3n) is 5.91. The average molecular weight is 575 g/mol. The minimum Gasteiger partial charge on any atom is -0.390 e. The second-order valence-corrected chi connectivity index (χ2v) is 12.0. The molecule has 0 spiro atoms. The molecule has 1 aromatic rings. The van der Waals surface area contributed by atoms with E-state index in [1.165, 1.54) is 39.0 Å². The first-order valence-electron chi connectivity index (χ1n) is 11.0. The summed E-state index contributed by atoms with van der Waals surface area (Å²) in [6.45, 7) is 2.09. The van der Waals surface area contributed by atoms with Crippen LogP contribution in [0, 0.1) is 6.92 Å². The molecule has 17 nitrogen and oxygen atoms in total. The fourth-order valence-electron chi connectivity index (χ4n) is 4.02. The quantitative estimate of drug-likeness (QED) is 0.177. The summed E-state index contributed by atoms with van der Waals surface area (Å²) in [5.74, 6) is 0. The Balaban J connectivity index is 1.60. The van der Waals surface area contributed by atoms with Gasteiger partial charge in [-0.05, 0) is 27.9 Å². The van der Waals surface area contributed by atoms with Crippen molar-refractivity contribution in [2.45, 2.75) is 69.3 Å². The largest absolute Gasteiger partial charge is 0.483 e. The van der Waals surface area contributed by atoms with Gasteiger partial charge in [0.05, 0.1) is 31.0 Å². The van der Waals surface area contributed by atoms with Crippen LogP contribution in [0.3, 0.4) is 0 Å². The number of aliphatic hydroxyl groups excluding tert-OH is 3. The summed E-state index contributed by atoms with van der Waals surface area (Å²) in [5, 5.41) is 30.8. The lowest BCUT2D eigenvalue weighted by molar-refractivity contribution is -0.256. The molecule has 0 bridgehead atoms. The van der Waals surface area contributed by atoms with Crippen molar-refractivity contribution < 1.29 is 57.1 Å². The zero-order valence-corrected chi connectivity index (χ0v) is 22.1. The highest BCUT2D eigenvalue weighted by Gasteiger charge is 2.49. The number of hydrogen-bond donors (Lipinski definition) is 6. The molecule has 3 rings (SSSR count). The Labute approximate surface area is 210 Å². The summed E-state index contributed by atoms with van der Waals surface area (Å²) in [7, 11) is -7.61. The van der Waals surface area contributed by atoms with Gasteiger partial charge in [0.15, 0.2) is 6.29 Å². The Morgan fingerprint density at radius 1 is 1.14 bits per heavy atom. The van der Waals surface area contributed by atoms with E-state index < -0.39 is 82.6 Å². The average Bonchev–Trinajstić information content (AvgIpc) is 3.12. The van der Waals surface area contributed by atoms with Gasteiger partial charge >= 0.3 is 21.3 Å². The van der Waals surface area contributed by atoms with E-state index in [4.69, 9.17) is 14.0 Å². The molecule has 2 aliphatic heterocycles. The predicted molar refractivity (Wildman–Crippen MR) is 122 cm³/mol. The van der Waals surface area contributed by atoms with E-state index in [-0.39, 0.29) is 12.0 Å². The van der Waals surface area contributed by atoms with Gasteiger partial charge in [-0.1, -0.05) is 0 Å². The molecule has 0 aromatic carbocycles. The van der Waals surface area contributed by atoms with Crippen LogP contribution in [0.1, 0.15) is 25.1 Å². The summed E-state index contributed by atoms with van der Waals surface area (Å²) >= 11 is 0. The van der Waals surface area contributed by atoms with Crippen LogP contribution in [-0.2, 0) is 32.0 Å². The molecule has 10 atom stereocenters. The van der Waals surface area contributed by atoms with E-state index >= 15 is 0 Å². The smallest absolute Gasteiger partial charge is 0.390 e. The van der Waals surface area contributed by atoms with Crippen LogP contribution in [0.25, 0.3) is 0 Å². The Morgan fingerprint density at radius 3 is 2.41 bits per heavy atom. The van der Waals surface area contributed by atoms with Crippen molar-refractivity contribution in [1.29, 1.82) is 0 Å². The number of hydrogen-bond acceptors (Lipinski definition) is 13. The molecular formula is C18H31N3O14P2. The van der Waals surface area contributed by atoms with Crippen molar-refractivity contribution in [2.24, 2.45) is 0 Å². The van der Waals surface area contributed by atoms with E-state index in [0.717, 1.165) is 4.57 Å². The highest BCUT2D eigenvalue weighted by molar-refractivity contribution is 7.61. The van der Waals surface area contributed by atoms with Crippen molar-refractivity contribution in [3.05, 3.63) is 32.6 Å². The summed E-state index contributed by atoms with van der Waals surface area (Å²) < 4.78 is 50.1. The number of likely N-dealkylation sites (N-methyl/N-ethyl adjacent to an activating group) is 1. The number of H-pyrrole nitrogens is 1. The Bertz CT molecular complexity index is 1170. The van der Waals surface area contributed by atoms with Crippen LogP contribution in [0.5, 0.6) is 0 Å². The number of phosphoric acid groups is 2. The highest BCUT2D eigenvalue weighted by Crippen LogP contribution is 2.61. The first-order valence-corrected chi connectivity index (χ1v) is 14.0. The Morgan fingerprint density at radius 2 is 1.78 bits per heavy atom. The number of nitrogens with one attached hydrogen (secondary N) is 1. The van der Waals surface area contributed by atoms with Crippen molar-refractivity contribution in [2.75, 3.05) is 20.7 Å². The number of aromatic amines is 1. The molecule has 6 N–H and O–H groups in total. The van der Waals surface area contributed by atoms with Crippen LogP contribution >= 0.6 is 15.6 Å². The van der Waals surface area contributed by atoms with Gasteiger partial charge in [0.1, 0.15) is 18.4 Å². The molecule has 212 valence electrons. The summed E-state index contributed by atoms with van der Waals surface area (Å²) in [5.41, 5.74) is -1.19. The van der Waals surface area contributed by atoms with E-state index in [1.54, 1.807) is 0 Å². The third kappa shape index (κ3) is 7.22. The van der Waals surface area contributed by atoms with Gasteiger partial charge in [-0.3, -0.25) is 23.4 Å². The lowest BCUT2D eigenvalue weighted by atomic mass is 9.96. The molecule has 2 aliphatic rings. The van der Waals surface area contributed by atoms with Gasteiger partial charge in [-0.15, -0.1) is 0 Å². The SMILES string of the molecule is Cc1cn([C@H]2C[C@@H](O)[C@@H](COP(=O)(O)OP(=O)(O)O[C@@H]3OC(C)[C@H](O)[C@H](N(C)C)C3O)O2)c(=O)[nH]c1=O. The van der Waals surface area contributed by atoms with Gasteiger partial charge in [0.2, 0.25) is 0 Å². The van der Waals surface area contributed by atoms with E-state index in [2.05, 4.69) is 13.8 Å². The lowest BCUT2D eigenvalue weighted by Gasteiger charge is -2.44. The normalized spacial score (nSPS) is 35.8. The topological polar surface area (TPSA) is 240 Å². The molecule has 0 radical (unpaired) electrons. The molecule has 2 fully saturated rings. The van der Waals surface area contributed by atoms with Crippen LogP contribution in [0.2, 0.25) is 0 Å². The fourth-order valence-corrected chi connectivity index (χ4v) is 6.18. The van der Waals surface area contributed by atoms with Crippen LogP contribution in [0.4, 0.5) is 0 Å². The zero-order chi connectivity index (χ0) is 27.9. The Kier molecular flexibility index (Phi) is 9.35. The molecule has 1 aromatic heterocycles. The molecule has 3 heterocycles. The fraction of sp³-hybridized carbons (Fsp3) is 0.778. The van der Waals surface area contributed by atoms with Crippen molar-refractivity contribution in [3.63, 3.8) is 0 Å². The molecule has 37 heavy (non-hydrogen) atoms. The summed E-state index contributed by atoms with van der Waals surface area (Å²) in [4.78, 5) is 47.0. The monoisotopic (exact) mass is 575 g/mol. The molecule has 2 saturated heterocycles. The number of aryl methyl sites for hydroxylation is 1. The number of aliphatic hydroxyl groups is 3. The zero-order valence-electron chi connectivity index (χ0n) is 20.3. The Hall–Kier alpha value is -1.30. The van der Waals surface area contributed by atoms with Gasteiger partial charge in [0, 0.05) is 18.2 Å².